The van der Waals surface area contributed by atoms with Crippen LogP contribution in [0.5, 0.6) is 0 Å². The minimum absolute atomic E-state index is 0.606. The molecule has 1 aromatic rings. The monoisotopic (exact) mass is 202 g/mol. The van der Waals surface area contributed by atoms with Gasteiger partial charge in [0.25, 0.3) is 0 Å². The van der Waals surface area contributed by atoms with Crippen LogP contribution in [0.15, 0.2) is 43.0 Å². The van der Waals surface area contributed by atoms with E-state index in [0.717, 1.165) is 25.7 Å². The van der Waals surface area contributed by atoms with Crippen molar-refractivity contribution < 1.29 is 5.11 Å². The van der Waals surface area contributed by atoms with Gasteiger partial charge in [-0.05, 0) is 37.2 Å². The van der Waals surface area contributed by atoms with Gasteiger partial charge in [0.1, 0.15) is 0 Å². The Morgan fingerprint density at radius 2 is 1.80 bits per heavy atom. The van der Waals surface area contributed by atoms with E-state index in [1.165, 1.54) is 5.56 Å². The molecule has 1 N–H and O–H groups in total. The van der Waals surface area contributed by atoms with Crippen LogP contribution in [-0.4, -0.2) is 10.7 Å². The molecular weight excluding hydrogens is 184 g/mol. The molecule has 1 heteroatoms. The highest BCUT2D eigenvalue weighted by Gasteiger charge is 2.30. The lowest BCUT2D eigenvalue weighted by atomic mass is 9.76. The number of aliphatic hydroxyl groups is 1. The second-order valence-electron chi connectivity index (χ2n) is 4.49. The fourth-order valence-corrected chi connectivity index (χ4v) is 2.38. The Hall–Kier alpha value is -1.08. The molecular formula is C14H18O. The molecule has 0 radical (unpaired) electrons. The molecule has 0 unspecified atom stereocenters. The van der Waals surface area contributed by atoms with Gasteiger partial charge >= 0.3 is 0 Å². The molecule has 0 spiro atoms. The molecule has 2 rings (SSSR count). The number of rotatable bonds is 2. The third kappa shape index (κ3) is 2.29. The fraction of sp³-hybridized carbons (Fsp3) is 0.429. The normalized spacial score (nSPS) is 31.1. The van der Waals surface area contributed by atoms with Crippen LogP contribution < -0.4 is 0 Å². The van der Waals surface area contributed by atoms with Crippen LogP contribution >= 0.6 is 0 Å². The van der Waals surface area contributed by atoms with E-state index in [0.29, 0.717) is 5.92 Å². The van der Waals surface area contributed by atoms with E-state index in [4.69, 9.17) is 0 Å². The first kappa shape index (κ1) is 10.4. The zero-order valence-electron chi connectivity index (χ0n) is 9.02. The molecule has 1 fully saturated rings. The summed E-state index contributed by atoms with van der Waals surface area (Å²) in [4.78, 5) is 0. The molecule has 1 nitrogen and oxygen atoms in total. The van der Waals surface area contributed by atoms with Gasteiger partial charge in [-0.3, -0.25) is 0 Å². The third-order valence-electron chi connectivity index (χ3n) is 3.50. The van der Waals surface area contributed by atoms with Crippen molar-refractivity contribution >= 4 is 0 Å². The highest BCUT2D eigenvalue weighted by Crippen LogP contribution is 2.38. The molecule has 1 aliphatic carbocycles. The van der Waals surface area contributed by atoms with Crippen LogP contribution in [0.3, 0.4) is 0 Å². The van der Waals surface area contributed by atoms with Gasteiger partial charge in [-0.25, -0.2) is 0 Å². The van der Waals surface area contributed by atoms with Crippen molar-refractivity contribution in [2.75, 3.05) is 0 Å². The van der Waals surface area contributed by atoms with Gasteiger partial charge in [0, 0.05) is 0 Å². The van der Waals surface area contributed by atoms with Gasteiger partial charge in [-0.2, -0.15) is 0 Å². The molecule has 0 aromatic heterocycles. The standard InChI is InChI=1S/C14H18O/c1-2-14(15)10-8-13(9-11-14)12-6-4-3-5-7-12/h2-7,13,15H,1,8-11H2. The van der Waals surface area contributed by atoms with Crippen LogP contribution in [0.1, 0.15) is 37.2 Å². The van der Waals surface area contributed by atoms with Crippen LogP contribution in [0, 0.1) is 0 Å². The molecule has 0 heterocycles. The Balaban J connectivity index is 2.03. The van der Waals surface area contributed by atoms with Crippen molar-refractivity contribution in [3.8, 4) is 0 Å². The molecule has 80 valence electrons. The quantitative estimate of drug-likeness (QED) is 0.730. The lowest BCUT2D eigenvalue weighted by Gasteiger charge is -2.33. The summed E-state index contributed by atoms with van der Waals surface area (Å²) in [5.41, 5.74) is 0.800. The maximum atomic E-state index is 10.0. The first-order valence-electron chi connectivity index (χ1n) is 5.64. The molecule has 1 saturated carbocycles. The van der Waals surface area contributed by atoms with Crippen LogP contribution in [0.2, 0.25) is 0 Å². The summed E-state index contributed by atoms with van der Waals surface area (Å²) in [6, 6.07) is 10.6. The molecule has 0 amide bonds. The summed E-state index contributed by atoms with van der Waals surface area (Å²) in [6.45, 7) is 3.70. The molecule has 15 heavy (non-hydrogen) atoms. The van der Waals surface area contributed by atoms with Crippen molar-refractivity contribution in [3.05, 3.63) is 48.6 Å². The summed E-state index contributed by atoms with van der Waals surface area (Å²) in [5.74, 6) is 0.617. The molecule has 0 aliphatic heterocycles. The number of hydrogen-bond donors (Lipinski definition) is 1. The predicted molar refractivity (Wildman–Crippen MR) is 62.8 cm³/mol. The first-order valence-corrected chi connectivity index (χ1v) is 5.64. The molecule has 1 aromatic carbocycles. The van der Waals surface area contributed by atoms with E-state index in [1.54, 1.807) is 6.08 Å². The van der Waals surface area contributed by atoms with Crippen molar-refractivity contribution in [2.24, 2.45) is 0 Å². The smallest absolute Gasteiger partial charge is 0.0825 e. The van der Waals surface area contributed by atoms with Crippen molar-refractivity contribution in [1.82, 2.24) is 0 Å². The summed E-state index contributed by atoms with van der Waals surface area (Å²) in [6.07, 6.45) is 5.51. The zero-order chi connectivity index (χ0) is 10.7. The molecule has 0 atom stereocenters. The summed E-state index contributed by atoms with van der Waals surface area (Å²) >= 11 is 0. The molecule has 0 bridgehead atoms. The average molecular weight is 202 g/mol. The third-order valence-corrected chi connectivity index (χ3v) is 3.50. The number of hydrogen-bond acceptors (Lipinski definition) is 1. The summed E-state index contributed by atoms with van der Waals surface area (Å²) in [7, 11) is 0. The zero-order valence-corrected chi connectivity index (χ0v) is 9.02. The lowest BCUT2D eigenvalue weighted by molar-refractivity contribution is 0.0457. The van der Waals surface area contributed by atoms with Crippen LogP contribution in [0.4, 0.5) is 0 Å². The van der Waals surface area contributed by atoms with E-state index < -0.39 is 5.60 Å². The van der Waals surface area contributed by atoms with E-state index >= 15 is 0 Å². The maximum Gasteiger partial charge on any atom is 0.0825 e. The van der Waals surface area contributed by atoms with Gasteiger partial charge in [-0.1, -0.05) is 36.4 Å². The average Bonchev–Trinajstić information content (AvgIpc) is 2.31. The SMILES string of the molecule is C=CC1(O)CCC(c2ccccc2)CC1. The highest BCUT2D eigenvalue weighted by molar-refractivity contribution is 5.21. The molecule has 0 saturated heterocycles. The minimum Gasteiger partial charge on any atom is -0.386 e. The topological polar surface area (TPSA) is 20.2 Å². The Kier molecular flexibility index (Phi) is 2.92. The van der Waals surface area contributed by atoms with Crippen LogP contribution in [0.25, 0.3) is 0 Å². The van der Waals surface area contributed by atoms with Gasteiger partial charge < -0.3 is 5.11 Å². The van der Waals surface area contributed by atoms with Gasteiger partial charge in [0.15, 0.2) is 0 Å². The van der Waals surface area contributed by atoms with Gasteiger partial charge in [0.2, 0.25) is 0 Å². The Bertz CT molecular complexity index is 320. The summed E-state index contributed by atoms with van der Waals surface area (Å²) < 4.78 is 0. The predicted octanol–water partition coefficient (Wildman–Crippen LogP) is 3.26. The fourth-order valence-electron chi connectivity index (χ4n) is 2.38. The van der Waals surface area contributed by atoms with Crippen LogP contribution in [-0.2, 0) is 0 Å². The Morgan fingerprint density at radius 3 is 2.33 bits per heavy atom. The highest BCUT2D eigenvalue weighted by atomic mass is 16.3. The lowest BCUT2D eigenvalue weighted by Crippen LogP contribution is -2.30. The Morgan fingerprint density at radius 1 is 1.20 bits per heavy atom. The second kappa shape index (κ2) is 4.19. The maximum absolute atomic E-state index is 10.0. The van der Waals surface area contributed by atoms with Gasteiger partial charge in [-0.15, -0.1) is 6.58 Å². The van der Waals surface area contributed by atoms with Crippen molar-refractivity contribution in [3.63, 3.8) is 0 Å². The Labute approximate surface area is 91.4 Å². The van der Waals surface area contributed by atoms with Gasteiger partial charge in [0.05, 0.1) is 5.60 Å². The van der Waals surface area contributed by atoms with E-state index in [2.05, 4.69) is 30.8 Å². The largest absolute Gasteiger partial charge is 0.386 e. The minimum atomic E-state index is -0.606. The summed E-state index contributed by atoms with van der Waals surface area (Å²) in [5, 5.41) is 10.0. The first-order chi connectivity index (χ1) is 7.23. The second-order valence-corrected chi connectivity index (χ2v) is 4.49. The number of benzene rings is 1. The van der Waals surface area contributed by atoms with E-state index in [9.17, 15) is 5.11 Å². The van der Waals surface area contributed by atoms with E-state index in [-0.39, 0.29) is 0 Å². The van der Waals surface area contributed by atoms with Crippen molar-refractivity contribution in [1.29, 1.82) is 0 Å². The molecule has 1 aliphatic rings. The van der Waals surface area contributed by atoms with Crippen molar-refractivity contribution in [2.45, 2.75) is 37.2 Å². The van der Waals surface area contributed by atoms with E-state index in [1.807, 2.05) is 6.07 Å².